The standard InChI is InChI=1S/C16H31N3O3/c1-14(2)4-7-19(15(3)20)8-5-16(21)17-6-9-18-10-12-22-13-11-18/h14H,4-13H2,1-3H3,(H,17,21). The minimum absolute atomic E-state index is 0.0176. The molecule has 0 aromatic carbocycles. The third-order valence-corrected chi connectivity index (χ3v) is 3.88. The molecule has 0 aliphatic carbocycles. The van der Waals surface area contributed by atoms with Gasteiger partial charge >= 0.3 is 0 Å². The highest BCUT2D eigenvalue weighted by atomic mass is 16.5. The number of hydrogen-bond acceptors (Lipinski definition) is 4. The second-order valence-electron chi connectivity index (χ2n) is 6.24. The van der Waals surface area contributed by atoms with Gasteiger partial charge in [0, 0.05) is 52.6 Å². The van der Waals surface area contributed by atoms with Gasteiger partial charge in [0.2, 0.25) is 11.8 Å². The molecular weight excluding hydrogens is 282 g/mol. The Morgan fingerprint density at radius 3 is 2.50 bits per heavy atom. The van der Waals surface area contributed by atoms with E-state index in [4.69, 9.17) is 4.74 Å². The first-order chi connectivity index (χ1) is 10.5. The van der Waals surface area contributed by atoms with Gasteiger partial charge in [0.1, 0.15) is 0 Å². The Balaban J connectivity index is 2.15. The minimum Gasteiger partial charge on any atom is -0.379 e. The molecule has 1 fully saturated rings. The van der Waals surface area contributed by atoms with Crippen molar-refractivity contribution in [2.45, 2.75) is 33.6 Å². The van der Waals surface area contributed by atoms with E-state index in [0.29, 0.717) is 25.4 Å². The molecule has 1 rings (SSSR count). The third-order valence-electron chi connectivity index (χ3n) is 3.88. The highest BCUT2D eigenvalue weighted by Gasteiger charge is 2.13. The molecular formula is C16H31N3O3. The van der Waals surface area contributed by atoms with Crippen molar-refractivity contribution in [3.05, 3.63) is 0 Å². The Hall–Kier alpha value is -1.14. The Morgan fingerprint density at radius 1 is 1.23 bits per heavy atom. The fourth-order valence-corrected chi connectivity index (χ4v) is 2.34. The average Bonchev–Trinajstić information content (AvgIpc) is 2.47. The summed E-state index contributed by atoms with van der Waals surface area (Å²) in [5.41, 5.74) is 0. The van der Waals surface area contributed by atoms with Crippen LogP contribution in [0.5, 0.6) is 0 Å². The van der Waals surface area contributed by atoms with E-state index in [1.807, 2.05) is 0 Å². The van der Waals surface area contributed by atoms with E-state index in [9.17, 15) is 9.59 Å². The first-order valence-electron chi connectivity index (χ1n) is 8.31. The molecule has 0 radical (unpaired) electrons. The quantitative estimate of drug-likeness (QED) is 0.681. The SMILES string of the molecule is CC(=O)N(CCC(=O)NCCN1CCOCC1)CCC(C)C. The van der Waals surface area contributed by atoms with E-state index >= 15 is 0 Å². The third kappa shape index (κ3) is 8.34. The number of nitrogens with zero attached hydrogens (tertiary/aromatic N) is 2. The van der Waals surface area contributed by atoms with Crippen LogP contribution < -0.4 is 5.32 Å². The van der Waals surface area contributed by atoms with Crippen LogP contribution in [0.15, 0.2) is 0 Å². The topological polar surface area (TPSA) is 61.9 Å². The molecule has 0 aromatic heterocycles. The normalized spacial score (nSPS) is 15.8. The summed E-state index contributed by atoms with van der Waals surface area (Å²) in [5, 5.41) is 2.93. The molecule has 0 spiro atoms. The average molecular weight is 313 g/mol. The van der Waals surface area contributed by atoms with Crippen molar-refractivity contribution in [2.75, 3.05) is 52.5 Å². The van der Waals surface area contributed by atoms with Crippen LogP contribution in [-0.2, 0) is 14.3 Å². The lowest BCUT2D eigenvalue weighted by Gasteiger charge is -2.26. The maximum Gasteiger partial charge on any atom is 0.221 e. The molecule has 6 heteroatoms. The van der Waals surface area contributed by atoms with Gasteiger partial charge in [-0.2, -0.15) is 0 Å². The monoisotopic (exact) mass is 313 g/mol. The van der Waals surface area contributed by atoms with E-state index in [-0.39, 0.29) is 11.8 Å². The first-order valence-corrected chi connectivity index (χ1v) is 8.31. The highest BCUT2D eigenvalue weighted by molar-refractivity contribution is 5.77. The molecule has 0 saturated carbocycles. The molecule has 0 aromatic rings. The summed E-state index contributed by atoms with van der Waals surface area (Å²) in [7, 11) is 0. The zero-order chi connectivity index (χ0) is 16.4. The molecule has 1 heterocycles. The molecule has 6 nitrogen and oxygen atoms in total. The van der Waals surface area contributed by atoms with Crippen LogP contribution in [-0.4, -0.2) is 74.1 Å². The Labute approximate surface area is 134 Å². The molecule has 0 atom stereocenters. The van der Waals surface area contributed by atoms with Gasteiger partial charge in [0.15, 0.2) is 0 Å². The lowest BCUT2D eigenvalue weighted by molar-refractivity contribution is -0.129. The number of rotatable bonds is 9. The summed E-state index contributed by atoms with van der Waals surface area (Å²) in [4.78, 5) is 27.5. The fraction of sp³-hybridized carbons (Fsp3) is 0.875. The van der Waals surface area contributed by atoms with E-state index in [2.05, 4.69) is 24.1 Å². The van der Waals surface area contributed by atoms with Crippen molar-refractivity contribution in [3.63, 3.8) is 0 Å². The van der Waals surface area contributed by atoms with Gasteiger partial charge < -0.3 is 15.0 Å². The van der Waals surface area contributed by atoms with Crippen LogP contribution in [0.4, 0.5) is 0 Å². The van der Waals surface area contributed by atoms with Crippen LogP contribution in [0.3, 0.4) is 0 Å². The van der Waals surface area contributed by atoms with Crippen LogP contribution >= 0.6 is 0 Å². The van der Waals surface area contributed by atoms with Gasteiger partial charge in [0.25, 0.3) is 0 Å². The fourth-order valence-electron chi connectivity index (χ4n) is 2.34. The van der Waals surface area contributed by atoms with Gasteiger partial charge in [-0.05, 0) is 12.3 Å². The Kier molecular flexibility index (Phi) is 9.08. The molecule has 0 bridgehead atoms. The second kappa shape index (κ2) is 10.6. The number of carbonyl (C=O) groups is 2. The lowest BCUT2D eigenvalue weighted by atomic mass is 10.1. The van der Waals surface area contributed by atoms with E-state index in [0.717, 1.165) is 45.8 Å². The number of hydrogen-bond donors (Lipinski definition) is 1. The zero-order valence-corrected chi connectivity index (χ0v) is 14.3. The molecule has 1 N–H and O–H groups in total. The van der Waals surface area contributed by atoms with E-state index in [1.54, 1.807) is 11.8 Å². The maximum atomic E-state index is 11.9. The predicted molar refractivity (Wildman–Crippen MR) is 86.6 cm³/mol. The number of morpholine rings is 1. The number of amides is 2. The summed E-state index contributed by atoms with van der Waals surface area (Å²) < 4.78 is 5.29. The molecule has 128 valence electrons. The summed E-state index contributed by atoms with van der Waals surface area (Å²) >= 11 is 0. The van der Waals surface area contributed by atoms with Crippen LogP contribution in [0.1, 0.15) is 33.6 Å². The largest absolute Gasteiger partial charge is 0.379 e. The van der Waals surface area contributed by atoms with Crippen molar-refractivity contribution in [2.24, 2.45) is 5.92 Å². The lowest BCUT2D eigenvalue weighted by Crippen LogP contribution is -2.42. The van der Waals surface area contributed by atoms with Crippen molar-refractivity contribution < 1.29 is 14.3 Å². The van der Waals surface area contributed by atoms with Gasteiger partial charge in [-0.3, -0.25) is 14.5 Å². The van der Waals surface area contributed by atoms with Crippen molar-refractivity contribution in [3.8, 4) is 0 Å². The van der Waals surface area contributed by atoms with Gasteiger partial charge in [-0.25, -0.2) is 0 Å². The van der Waals surface area contributed by atoms with Crippen molar-refractivity contribution in [1.29, 1.82) is 0 Å². The van der Waals surface area contributed by atoms with Crippen molar-refractivity contribution in [1.82, 2.24) is 15.1 Å². The summed E-state index contributed by atoms with van der Waals surface area (Å²) in [6.45, 7) is 12.0. The molecule has 2 amide bonds. The first kappa shape index (κ1) is 18.9. The van der Waals surface area contributed by atoms with Crippen LogP contribution in [0.25, 0.3) is 0 Å². The molecule has 0 unspecified atom stereocenters. The number of ether oxygens (including phenoxy) is 1. The van der Waals surface area contributed by atoms with Gasteiger partial charge in [-0.1, -0.05) is 13.8 Å². The maximum absolute atomic E-state index is 11.9. The second-order valence-corrected chi connectivity index (χ2v) is 6.24. The molecule has 22 heavy (non-hydrogen) atoms. The molecule has 1 saturated heterocycles. The summed E-state index contributed by atoms with van der Waals surface area (Å²) in [5.74, 6) is 0.620. The van der Waals surface area contributed by atoms with Crippen molar-refractivity contribution >= 4 is 11.8 Å². The predicted octanol–water partition coefficient (Wildman–Crippen LogP) is 0.720. The number of carbonyl (C=O) groups excluding carboxylic acids is 2. The molecule has 1 aliphatic rings. The smallest absolute Gasteiger partial charge is 0.221 e. The molecule has 1 aliphatic heterocycles. The Bertz CT molecular complexity index is 342. The minimum atomic E-state index is 0.0176. The summed E-state index contributed by atoms with van der Waals surface area (Å²) in [6, 6.07) is 0. The highest BCUT2D eigenvalue weighted by Crippen LogP contribution is 2.03. The zero-order valence-electron chi connectivity index (χ0n) is 14.3. The van der Waals surface area contributed by atoms with Crippen LogP contribution in [0, 0.1) is 5.92 Å². The van der Waals surface area contributed by atoms with Crippen LogP contribution in [0.2, 0.25) is 0 Å². The van der Waals surface area contributed by atoms with Gasteiger partial charge in [-0.15, -0.1) is 0 Å². The van der Waals surface area contributed by atoms with E-state index < -0.39 is 0 Å². The summed E-state index contributed by atoms with van der Waals surface area (Å²) in [6.07, 6.45) is 1.35. The Morgan fingerprint density at radius 2 is 1.91 bits per heavy atom. The number of nitrogens with one attached hydrogen (secondary N) is 1. The van der Waals surface area contributed by atoms with E-state index in [1.165, 1.54) is 0 Å². The van der Waals surface area contributed by atoms with Gasteiger partial charge in [0.05, 0.1) is 13.2 Å².